The zero-order chi connectivity index (χ0) is 14.4. The van der Waals surface area contributed by atoms with E-state index in [2.05, 4.69) is 27.9 Å². The van der Waals surface area contributed by atoms with Crippen molar-refractivity contribution in [3.63, 3.8) is 0 Å². The average molecular weight is 277 g/mol. The Kier molecular flexibility index (Phi) is 5.52. The number of ether oxygens (including phenoxy) is 2. The molecule has 1 N–H and O–H groups in total. The largest absolute Gasteiger partial charge is 0.354 e. The van der Waals surface area contributed by atoms with Gasteiger partial charge in [0.05, 0.1) is 23.4 Å². The van der Waals surface area contributed by atoms with Gasteiger partial charge in [-0.2, -0.15) is 0 Å². The Morgan fingerprint density at radius 2 is 2.00 bits per heavy atom. The van der Waals surface area contributed by atoms with E-state index in [9.17, 15) is 0 Å². The lowest BCUT2D eigenvalue weighted by Gasteiger charge is -2.22. The molecule has 1 aromatic carbocycles. The Labute approximate surface area is 119 Å². The van der Waals surface area contributed by atoms with Gasteiger partial charge in [-0.05, 0) is 32.0 Å². The van der Waals surface area contributed by atoms with Crippen molar-refractivity contribution in [3.05, 3.63) is 30.6 Å². The van der Waals surface area contributed by atoms with Crippen LogP contribution in [0.1, 0.15) is 13.3 Å². The monoisotopic (exact) mass is 277 g/mol. The van der Waals surface area contributed by atoms with Crippen molar-refractivity contribution in [1.29, 1.82) is 0 Å². The van der Waals surface area contributed by atoms with Crippen molar-refractivity contribution in [2.45, 2.75) is 32.2 Å². The Morgan fingerprint density at radius 3 is 2.75 bits per heavy atom. The summed E-state index contributed by atoms with van der Waals surface area (Å²) in [6, 6.07) is 8.36. The molecule has 0 saturated heterocycles. The number of methoxy groups -OCH3 is 2. The SMILES string of the molecule is COC(OC)C(C)NCCCn1cnc2ccccc21. The van der Waals surface area contributed by atoms with Gasteiger partial charge in [-0.15, -0.1) is 0 Å². The summed E-state index contributed by atoms with van der Waals surface area (Å²) in [7, 11) is 3.31. The van der Waals surface area contributed by atoms with E-state index in [0.717, 1.165) is 25.0 Å². The summed E-state index contributed by atoms with van der Waals surface area (Å²) in [5.74, 6) is 0. The molecule has 0 spiro atoms. The second-order valence-electron chi connectivity index (χ2n) is 4.86. The second-order valence-corrected chi connectivity index (χ2v) is 4.86. The Balaban J connectivity index is 1.79. The van der Waals surface area contributed by atoms with E-state index >= 15 is 0 Å². The summed E-state index contributed by atoms with van der Waals surface area (Å²) in [6.07, 6.45) is 2.73. The third kappa shape index (κ3) is 3.56. The number of aryl methyl sites for hydroxylation is 1. The topological polar surface area (TPSA) is 48.3 Å². The van der Waals surface area contributed by atoms with Gasteiger partial charge >= 0.3 is 0 Å². The van der Waals surface area contributed by atoms with Gasteiger partial charge in [-0.1, -0.05) is 12.1 Å². The van der Waals surface area contributed by atoms with Crippen LogP contribution in [0.5, 0.6) is 0 Å². The van der Waals surface area contributed by atoms with Crippen molar-refractivity contribution in [2.24, 2.45) is 0 Å². The van der Waals surface area contributed by atoms with Crippen LogP contribution in [0.3, 0.4) is 0 Å². The van der Waals surface area contributed by atoms with Gasteiger partial charge in [0.2, 0.25) is 0 Å². The number of aromatic nitrogens is 2. The average Bonchev–Trinajstić information content (AvgIpc) is 2.88. The minimum absolute atomic E-state index is 0.171. The zero-order valence-corrected chi connectivity index (χ0v) is 12.4. The summed E-state index contributed by atoms with van der Waals surface area (Å²) in [5, 5.41) is 3.41. The van der Waals surface area contributed by atoms with E-state index in [-0.39, 0.29) is 12.3 Å². The van der Waals surface area contributed by atoms with Crippen LogP contribution in [0, 0.1) is 0 Å². The molecule has 0 bridgehead atoms. The minimum Gasteiger partial charge on any atom is -0.354 e. The normalized spacial score (nSPS) is 13.2. The molecule has 0 aliphatic carbocycles. The standard InChI is InChI=1S/C15H23N3O2/c1-12(15(19-2)20-3)16-9-6-10-18-11-17-13-7-4-5-8-14(13)18/h4-5,7-8,11-12,15-16H,6,9-10H2,1-3H3. The summed E-state index contributed by atoms with van der Waals surface area (Å²) >= 11 is 0. The van der Waals surface area contributed by atoms with E-state index in [4.69, 9.17) is 9.47 Å². The molecule has 0 amide bonds. The van der Waals surface area contributed by atoms with Gasteiger partial charge in [-0.25, -0.2) is 4.98 Å². The van der Waals surface area contributed by atoms with Crippen molar-refractivity contribution >= 4 is 11.0 Å². The molecule has 1 heterocycles. The molecule has 0 radical (unpaired) electrons. The van der Waals surface area contributed by atoms with Gasteiger partial charge in [0.15, 0.2) is 6.29 Å². The van der Waals surface area contributed by atoms with E-state index < -0.39 is 0 Å². The van der Waals surface area contributed by atoms with Crippen LogP contribution in [0.4, 0.5) is 0 Å². The van der Waals surface area contributed by atoms with Crippen molar-refractivity contribution in [2.75, 3.05) is 20.8 Å². The number of rotatable bonds is 8. The van der Waals surface area contributed by atoms with Crippen LogP contribution in [0.25, 0.3) is 11.0 Å². The molecule has 5 heteroatoms. The summed E-state index contributed by atoms with van der Waals surface area (Å²) in [5.41, 5.74) is 2.24. The molecule has 2 rings (SSSR count). The molecular formula is C15H23N3O2. The van der Waals surface area contributed by atoms with E-state index in [0.29, 0.717) is 0 Å². The molecule has 0 aliphatic heterocycles. The van der Waals surface area contributed by atoms with E-state index in [1.807, 2.05) is 24.5 Å². The molecule has 0 fully saturated rings. The van der Waals surface area contributed by atoms with Crippen molar-refractivity contribution < 1.29 is 9.47 Å². The van der Waals surface area contributed by atoms with E-state index in [1.165, 1.54) is 5.52 Å². The number of hydrogen-bond donors (Lipinski definition) is 1. The molecule has 1 aromatic heterocycles. The fourth-order valence-corrected chi connectivity index (χ4v) is 2.37. The lowest BCUT2D eigenvalue weighted by atomic mass is 10.3. The Hall–Kier alpha value is -1.43. The lowest BCUT2D eigenvalue weighted by molar-refractivity contribution is -0.119. The number of benzene rings is 1. The lowest BCUT2D eigenvalue weighted by Crippen LogP contribution is -2.40. The van der Waals surface area contributed by atoms with Gasteiger partial charge in [0.1, 0.15) is 0 Å². The summed E-state index contributed by atoms with van der Waals surface area (Å²) < 4.78 is 12.6. The molecule has 20 heavy (non-hydrogen) atoms. The number of imidazole rings is 1. The smallest absolute Gasteiger partial charge is 0.171 e. The van der Waals surface area contributed by atoms with Crippen LogP contribution in [-0.4, -0.2) is 42.6 Å². The maximum absolute atomic E-state index is 5.22. The highest BCUT2D eigenvalue weighted by atomic mass is 16.7. The van der Waals surface area contributed by atoms with Crippen LogP contribution >= 0.6 is 0 Å². The van der Waals surface area contributed by atoms with Gasteiger partial charge in [0, 0.05) is 20.8 Å². The third-order valence-corrected chi connectivity index (χ3v) is 3.44. The molecule has 0 aliphatic rings. The van der Waals surface area contributed by atoms with Crippen LogP contribution in [-0.2, 0) is 16.0 Å². The maximum atomic E-state index is 5.22. The predicted octanol–water partition coefficient (Wildman–Crippen LogP) is 2.02. The minimum atomic E-state index is -0.205. The van der Waals surface area contributed by atoms with Crippen LogP contribution in [0.15, 0.2) is 30.6 Å². The summed E-state index contributed by atoms with van der Waals surface area (Å²) in [6.45, 7) is 3.92. The van der Waals surface area contributed by atoms with Gasteiger partial charge in [-0.3, -0.25) is 0 Å². The zero-order valence-electron chi connectivity index (χ0n) is 12.4. The van der Waals surface area contributed by atoms with E-state index in [1.54, 1.807) is 14.2 Å². The first kappa shape index (κ1) is 15.0. The number of para-hydroxylation sites is 2. The first-order chi connectivity index (χ1) is 9.76. The fourth-order valence-electron chi connectivity index (χ4n) is 2.37. The maximum Gasteiger partial charge on any atom is 0.171 e. The second kappa shape index (κ2) is 7.38. The number of nitrogens with one attached hydrogen (secondary N) is 1. The molecule has 0 saturated carbocycles. The quantitative estimate of drug-likeness (QED) is 0.592. The van der Waals surface area contributed by atoms with Gasteiger partial charge in [0.25, 0.3) is 0 Å². The predicted molar refractivity (Wildman–Crippen MR) is 79.6 cm³/mol. The Bertz CT molecular complexity index is 523. The molecule has 5 nitrogen and oxygen atoms in total. The van der Waals surface area contributed by atoms with Gasteiger partial charge < -0.3 is 19.4 Å². The van der Waals surface area contributed by atoms with Crippen molar-refractivity contribution in [3.8, 4) is 0 Å². The molecule has 2 aromatic rings. The van der Waals surface area contributed by atoms with Crippen molar-refractivity contribution in [1.82, 2.24) is 14.9 Å². The number of fused-ring (bicyclic) bond motifs is 1. The summed E-state index contributed by atoms with van der Waals surface area (Å²) in [4.78, 5) is 4.39. The number of nitrogens with zero attached hydrogens (tertiary/aromatic N) is 2. The third-order valence-electron chi connectivity index (χ3n) is 3.44. The fraction of sp³-hybridized carbons (Fsp3) is 0.533. The highest BCUT2D eigenvalue weighted by molar-refractivity contribution is 5.74. The highest BCUT2D eigenvalue weighted by Crippen LogP contribution is 2.11. The number of hydrogen-bond acceptors (Lipinski definition) is 4. The molecule has 110 valence electrons. The molecular weight excluding hydrogens is 254 g/mol. The molecule has 1 atom stereocenters. The van der Waals surface area contributed by atoms with Crippen LogP contribution in [0.2, 0.25) is 0 Å². The Morgan fingerprint density at radius 1 is 1.25 bits per heavy atom. The first-order valence-corrected chi connectivity index (χ1v) is 6.95. The first-order valence-electron chi connectivity index (χ1n) is 6.95. The molecule has 1 unspecified atom stereocenters. The highest BCUT2D eigenvalue weighted by Gasteiger charge is 2.14. The van der Waals surface area contributed by atoms with Crippen LogP contribution < -0.4 is 5.32 Å².